The third-order valence-corrected chi connectivity index (χ3v) is 5.74. The minimum atomic E-state index is -4.78. The molecule has 2 heterocycles. The number of aryl methyl sites for hydroxylation is 1. The fourth-order valence-corrected chi connectivity index (χ4v) is 4.13. The molecule has 178 valence electrons. The highest BCUT2D eigenvalue weighted by molar-refractivity contribution is 6.07. The molecule has 5 rings (SSSR count). The predicted octanol–water partition coefficient (Wildman–Crippen LogP) is 6.47. The van der Waals surface area contributed by atoms with Crippen molar-refractivity contribution in [1.29, 1.82) is 0 Å². The number of rotatable bonds is 5. The molecular weight excluding hydrogens is 462 g/mol. The maximum atomic E-state index is 13.9. The highest BCUT2D eigenvalue weighted by atomic mass is 19.4. The average molecular weight is 481 g/mol. The van der Waals surface area contributed by atoms with Crippen LogP contribution in [0.5, 0.6) is 5.75 Å². The largest absolute Gasteiger partial charge is 0.573 e. The minimum Gasteiger partial charge on any atom is -0.406 e. The van der Waals surface area contributed by atoms with Crippen molar-refractivity contribution in [3.63, 3.8) is 0 Å². The molecule has 9 heteroatoms. The molecule has 0 aliphatic rings. The van der Waals surface area contributed by atoms with Crippen LogP contribution in [-0.4, -0.2) is 21.4 Å². The molecule has 0 aliphatic heterocycles. The van der Waals surface area contributed by atoms with Gasteiger partial charge in [0.15, 0.2) is 0 Å². The monoisotopic (exact) mass is 481 g/mol. The second kappa shape index (κ2) is 8.50. The van der Waals surface area contributed by atoms with Gasteiger partial charge in [-0.15, -0.1) is 13.2 Å². The van der Waals surface area contributed by atoms with Crippen molar-refractivity contribution in [1.82, 2.24) is 9.13 Å². The van der Waals surface area contributed by atoms with Crippen LogP contribution in [0.25, 0.3) is 21.8 Å². The van der Waals surface area contributed by atoms with E-state index >= 15 is 0 Å². The Morgan fingerprint density at radius 1 is 0.914 bits per heavy atom. The molecule has 1 N–H and O–H groups in total. The van der Waals surface area contributed by atoms with Crippen LogP contribution in [-0.2, 0) is 13.6 Å². The van der Waals surface area contributed by atoms with Crippen LogP contribution in [0.3, 0.4) is 0 Å². The van der Waals surface area contributed by atoms with Crippen LogP contribution in [0, 0.1) is 5.82 Å². The van der Waals surface area contributed by atoms with E-state index in [9.17, 15) is 22.4 Å². The van der Waals surface area contributed by atoms with Crippen molar-refractivity contribution >= 4 is 33.4 Å². The first-order valence-corrected chi connectivity index (χ1v) is 10.7. The first-order valence-electron chi connectivity index (χ1n) is 10.7. The van der Waals surface area contributed by atoms with Crippen LogP contribution in [0.15, 0.2) is 79.0 Å². The number of carbonyl (C=O) groups excluding carboxylic acids is 1. The fourth-order valence-electron chi connectivity index (χ4n) is 4.13. The summed E-state index contributed by atoms with van der Waals surface area (Å²) in [5, 5.41) is 4.39. The smallest absolute Gasteiger partial charge is 0.406 e. The lowest BCUT2D eigenvalue weighted by atomic mass is 10.2. The molecule has 0 fully saturated rings. The van der Waals surface area contributed by atoms with Crippen molar-refractivity contribution in [2.75, 3.05) is 5.32 Å². The molecule has 0 aliphatic carbocycles. The molecule has 0 saturated carbocycles. The van der Waals surface area contributed by atoms with Crippen molar-refractivity contribution in [3.8, 4) is 5.75 Å². The second-order valence-corrected chi connectivity index (χ2v) is 8.16. The number of hydrogen-bond acceptors (Lipinski definition) is 2. The van der Waals surface area contributed by atoms with Crippen molar-refractivity contribution in [3.05, 3.63) is 96.1 Å². The number of benzene rings is 3. The molecular formula is C26H19F4N3O2. The van der Waals surface area contributed by atoms with E-state index in [4.69, 9.17) is 0 Å². The summed E-state index contributed by atoms with van der Waals surface area (Å²) < 4.78 is 58.8. The average Bonchev–Trinajstić information content (AvgIpc) is 3.34. The number of amides is 1. The van der Waals surface area contributed by atoms with E-state index in [1.807, 2.05) is 36.0 Å². The first kappa shape index (κ1) is 22.5. The number of alkyl halides is 3. The number of carbonyl (C=O) groups is 1. The van der Waals surface area contributed by atoms with E-state index in [0.29, 0.717) is 22.2 Å². The van der Waals surface area contributed by atoms with Gasteiger partial charge in [-0.25, -0.2) is 4.39 Å². The van der Waals surface area contributed by atoms with Gasteiger partial charge in [0.1, 0.15) is 17.3 Å². The lowest BCUT2D eigenvalue weighted by Crippen LogP contribution is -2.18. The molecule has 0 saturated heterocycles. The zero-order valence-corrected chi connectivity index (χ0v) is 18.4. The molecule has 0 bridgehead atoms. The van der Waals surface area contributed by atoms with Crippen LogP contribution < -0.4 is 10.1 Å². The van der Waals surface area contributed by atoms with Gasteiger partial charge in [0, 0.05) is 47.3 Å². The van der Waals surface area contributed by atoms with Gasteiger partial charge in [-0.3, -0.25) is 4.79 Å². The Kier molecular flexibility index (Phi) is 5.47. The predicted molar refractivity (Wildman–Crippen MR) is 125 cm³/mol. The maximum Gasteiger partial charge on any atom is 0.573 e. The summed E-state index contributed by atoms with van der Waals surface area (Å²) in [6, 6.07) is 18.7. The van der Waals surface area contributed by atoms with Gasteiger partial charge in [-0.05, 0) is 66.2 Å². The fraction of sp³-hybridized carbons (Fsp3) is 0.115. The quantitative estimate of drug-likeness (QED) is 0.293. The van der Waals surface area contributed by atoms with Gasteiger partial charge in [0.05, 0.1) is 0 Å². The molecule has 5 aromatic rings. The Bertz CT molecular complexity index is 1550. The summed E-state index contributed by atoms with van der Waals surface area (Å²) in [5.74, 6) is -1.17. The van der Waals surface area contributed by atoms with Gasteiger partial charge >= 0.3 is 6.36 Å². The number of nitrogens with zero attached hydrogens (tertiary/aromatic N) is 2. The Labute approximate surface area is 197 Å². The number of ether oxygens (including phenoxy) is 1. The molecule has 0 atom stereocenters. The molecule has 1 amide bonds. The summed E-state index contributed by atoms with van der Waals surface area (Å²) in [5.41, 5.74) is 3.16. The van der Waals surface area contributed by atoms with Crippen LogP contribution in [0.4, 0.5) is 23.2 Å². The summed E-state index contributed by atoms with van der Waals surface area (Å²) in [6.45, 7) is 0.182. The lowest BCUT2D eigenvalue weighted by molar-refractivity contribution is -0.274. The summed E-state index contributed by atoms with van der Waals surface area (Å²) in [7, 11) is 1.93. The van der Waals surface area contributed by atoms with Crippen LogP contribution in [0.2, 0.25) is 0 Å². The van der Waals surface area contributed by atoms with Gasteiger partial charge in [-0.1, -0.05) is 12.1 Å². The molecule has 0 spiro atoms. The van der Waals surface area contributed by atoms with E-state index < -0.39 is 18.1 Å². The third kappa shape index (κ3) is 4.70. The zero-order chi connectivity index (χ0) is 24.7. The van der Waals surface area contributed by atoms with E-state index in [1.54, 1.807) is 22.8 Å². The van der Waals surface area contributed by atoms with E-state index in [-0.39, 0.29) is 18.0 Å². The third-order valence-electron chi connectivity index (χ3n) is 5.74. The SMILES string of the molecule is Cn1ccc2cc(NC(=O)c3cc4cc(F)ccc4n3Cc3ccc(OC(F)(F)F)cc3)ccc21. The topological polar surface area (TPSA) is 48.2 Å². The number of halogens is 4. The van der Waals surface area contributed by atoms with Gasteiger partial charge in [0.25, 0.3) is 5.91 Å². The first-order chi connectivity index (χ1) is 16.7. The van der Waals surface area contributed by atoms with Gasteiger partial charge in [0.2, 0.25) is 0 Å². The van der Waals surface area contributed by atoms with Crippen molar-refractivity contribution < 1.29 is 27.1 Å². The van der Waals surface area contributed by atoms with E-state index in [2.05, 4.69) is 10.1 Å². The molecule has 5 nitrogen and oxygen atoms in total. The Morgan fingerprint density at radius 2 is 1.66 bits per heavy atom. The van der Waals surface area contributed by atoms with E-state index in [1.165, 1.54) is 36.4 Å². The Hall–Kier alpha value is -4.27. The molecule has 3 aromatic carbocycles. The standard InChI is InChI=1S/C26H19F4N3O2/c1-32-11-10-17-13-20(5-9-22(17)32)31-25(34)24-14-18-12-19(27)4-8-23(18)33(24)15-16-2-6-21(7-3-16)35-26(28,29)30/h2-14H,15H2,1H3,(H,31,34). The number of anilines is 1. The zero-order valence-electron chi connectivity index (χ0n) is 18.4. The summed E-state index contributed by atoms with van der Waals surface area (Å²) in [4.78, 5) is 13.3. The normalized spacial score (nSPS) is 11.8. The van der Waals surface area contributed by atoms with Crippen molar-refractivity contribution in [2.45, 2.75) is 12.9 Å². The summed E-state index contributed by atoms with van der Waals surface area (Å²) >= 11 is 0. The molecule has 2 aromatic heterocycles. The maximum absolute atomic E-state index is 13.9. The minimum absolute atomic E-state index is 0.182. The Balaban J connectivity index is 1.47. The van der Waals surface area contributed by atoms with Crippen LogP contribution >= 0.6 is 0 Å². The Morgan fingerprint density at radius 3 is 2.40 bits per heavy atom. The second-order valence-electron chi connectivity index (χ2n) is 8.16. The van der Waals surface area contributed by atoms with Gasteiger partial charge < -0.3 is 19.2 Å². The van der Waals surface area contributed by atoms with Gasteiger partial charge in [-0.2, -0.15) is 0 Å². The number of hydrogen-bond donors (Lipinski definition) is 1. The number of fused-ring (bicyclic) bond motifs is 2. The highest BCUT2D eigenvalue weighted by Gasteiger charge is 2.31. The van der Waals surface area contributed by atoms with E-state index in [0.717, 1.165) is 10.9 Å². The highest BCUT2D eigenvalue weighted by Crippen LogP contribution is 2.27. The lowest BCUT2D eigenvalue weighted by Gasteiger charge is -2.13. The molecule has 0 radical (unpaired) electrons. The molecule has 0 unspecified atom stereocenters. The molecule has 35 heavy (non-hydrogen) atoms. The summed E-state index contributed by atoms with van der Waals surface area (Å²) in [6.07, 6.45) is -2.86. The van der Waals surface area contributed by atoms with Crippen molar-refractivity contribution in [2.24, 2.45) is 7.05 Å². The number of nitrogens with one attached hydrogen (secondary N) is 1. The van der Waals surface area contributed by atoms with Crippen LogP contribution in [0.1, 0.15) is 16.1 Å². The number of aromatic nitrogens is 2.